The lowest BCUT2D eigenvalue weighted by Crippen LogP contribution is -2.45. The fourth-order valence-electron chi connectivity index (χ4n) is 3.07. The van der Waals surface area contributed by atoms with Crippen LogP contribution in [0, 0.1) is 0 Å². The van der Waals surface area contributed by atoms with E-state index in [0.29, 0.717) is 16.5 Å². The summed E-state index contributed by atoms with van der Waals surface area (Å²) < 4.78 is 1.69. The SMILES string of the molecule is C=C(/C=C(\S)C(=O)NC1CCCC1NC)c1cnc2cccnn12. The van der Waals surface area contributed by atoms with Crippen LogP contribution in [0.4, 0.5) is 0 Å². The maximum absolute atomic E-state index is 12.4. The van der Waals surface area contributed by atoms with Gasteiger partial charge in [0.05, 0.1) is 16.8 Å². The average molecular weight is 343 g/mol. The van der Waals surface area contributed by atoms with Crippen molar-refractivity contribution in [2.24, 2.45) is 0 Å². The molecule has 2 aromatic heterocycles. The number of nitrogens with one attached hydrogen (secondary N) is 2. The lowest BCUT2D eigenvalue weighted by molar-refractivity contribution is -0.117. The van der Waals surface area contributed by atoms with Crippen molar-refractivity contribution in [2.75, 3.05) is 7.05 Å². The van der Waals surface area contributed by atoms with Crippen LogP contribution < -0.4 is 10.6 Å². The summed E-state index contributed by atoms with van der Waals surface area (Å²) in [5.74, 6) is -0.187. The van der Waals surface area contributed by atoms with E-state index in [2.05, 4.69) is 39.9 Å². The number of aromatic nitrogens is 3. The largest absolute Gasteiger partial charge is 0.347 e. The molecule has 6 nitrogen and oxygen atoms in total. The van der Waals surface area contributed by atoms with Gasteiger partial charge in [-0.25, -0.2) is 9.50 Å². The zero-order valence-corrected chi connectivity index (χ0v) is 14.5. The Morgan fingerprint density at radius 2 is 2.25 bits per heavy atom. The van der Waals surface area contributed by atoms with Gasteiger partial charge in [0.15, 0.2) is 5.65 Å². The molecule has 2 N–H and O–H groups in total. The van der Waals surface area contributed by atoms with Crippen LogP contribution in [0.25, 0.3) is 11.2 Å². The molecule has 2 heterocycles. The van der Waals surface area contributed by atoms with Gasteiger partial charge in [0.2, 0.25) is 0 Å². The van der Waals surface area contributed by atoms with Gasteiger partial charge in [0.25, 0.3) is 5.91 Å². The molecule has 0 saturated heterocycles. The number of hydrogen-bond donors (Lipinski definition) is 3. The predicted molar refractivity (Wildman–Crippen MR) is 97.7 cm³/mol. The monoisotopic (exact) mass is 343 g/mol. The van der Waals surface area contributed by atoms with Crippen LogP contribution in [0.3, 0.4) is 0 Å². The van der Waals surface area contributed by atoms with Gasteiger partial charge < -0.3 is 10.6 Å². The Morgan fingerprint density at radius 1 is 1.46 bits per heavy atom. The first kappa shape index (κ1) is 16.7. The van der Waals surface area contributed by atoms with Crippen molar-refractivity contribution in [3.63, 3.8) is 0 Å². The maximum atomic E-state index is 12.4. The van der Waals surface area contributed by atoms with Gasteiger partial charge in [-0.15, -0.1) is 12.6 Å². The topological polar surface area (TPSA) is 71.3 Å². The molecule has 24 heavy (non-hydrogen) atoms. The fourth-order valence-corrected chi connectivity index (χ4v) is 3.29. The van der Waals surface area contributed by atoms with Crippen LogP contribution in [-0.4, -0.2) is 39.6 Å². The molecule has 3 rings (SSSR count). The lowest BCUT2D eigenvalue weighted by atomic mass is 10.1. The minimum absolute atomic E-state index is 0.142. The maximum Gasteiger partial charge on any atom is 0.257 e. The van der Waals surface area contributed by atoms with Crippen LogP contribution in [0.2, 0.25) is 0 Å². The lowest BCUT2D eigenvalue weighted by Gasteiger charge is -2.20. The Bertz CT molecular complexity index is 797. The molecule has 0 aliphatic heterocycles. The molecular formula is C17H21N5OS. The van der Waals surface area contributed by atoms with Gasteiger partial charge in [-0.3, -0.25) is 4.79 Å². The summed E-state index contributed by atoms with van der Waals surface area (Å²) in [5, 5.41) is 10.5. The number of rotatable bonds is 5. The Labute approximate surface area is 146 Å². The average Bonchev–Trinajstić information content (AvgIpc) is 3.20. The van der Waals surface area contributed by atoms with Crippen molar-refractivity contribution < 1.29 is 4.79 Å². The van der Waals surface area contributed by atoms with E-state index in [-0.39, 0.29) is 11.9 Å². The first-order valence-corrected chi connectivity index (χ1v) is 8.41. The van der Waals surface area contributed by atoms with E-state index in [1.165, 1.54) is 0 Å². The Hall–Kier alpha value is -2.12. The highest BCUT2D eigenvalue weighted by molar-refractivity contribution is 7.85. The molecule has 126 valence electrons. The number of thiol groups is 1. The number of fused-ring (bicyclic) bond motifs is 1. The zero-order valence-electron chi connectivity index (χ0n) is 13.6. The summed E-state index contributed by atoms with van der Waals surface area (Å²) in [7, 11) is 1.92. The van der Waals surface area contributed by atoms with Gasteiger partial charge in [0, 0.05) is 18.3 Å². The predicted octanol–water partition coefficient (Wildman–Crippen LogP) is 1.81. The third-order valence-electron chi connectivity index (χ3n) is 4.35. The normalized spacial score (nSPS) is 21.2. The smallest absolute Gasteiger partial charge is 0.257 e. The highest BCUT2D eigenvalue weighted by Gasteiger charge is 2.27. The highest BCUT2D eigenvalue weighted by atomic mass is 32.1. The second-order valence-electron chi connectivity index (χ2n) is 5.90. The molecule has 0 aromatic carbocycles. The van der Waals surface area contributed by atoms with Gasteiger partial charge in [0.1, 0.15) is 0 Å². The number of carbonyl (C=O) groups is 1. The van der Waals surface area contributed by atoms with E-state index in [1.807, 2.05) is 19.2 Å². The number of imidazole rings is 1. The molecule has 7 heteroatoms. The number of nitrogens with zero attached hydrogens (tertiary/aromatic N) is 3. The van der Waals surface area contributed by atoms with Crippen molar-refractivity contribution in [1.82, 2.24) is 25.2 Å². The Morgan fingerprint density at radius 3 is 3.04 bits per heavy atom. The summed E-state index contributed by atoms with van der Waals surface area (Å²) in [6.45, 7) is 4.01. The summed E-state index contributed by atoms with van der Waals surface area (Å²) in [6.07, 6.45) is 8.20. The third kappa shape index (κ3) is 3.37. The van der Waals surface area contributed by atoms with Gasteiger partial charge in [-0.2, -0.15) is 5.10 Å². The molecule has 2 unspecified atom stereocenters. The Kier molecular flexibility index (Phi) is 5.01. The van der Waals surface area contributed by atoms with E-state index < -0.39 is 0 Å². The highest BCUT2D eigenvalue weighted by Crippen LogP contribution is 2.21. The second-order valence-corrected chi connectivity index (χ2v) is 6.38. The molecule has 1 amide bonds. The van der Waals surface area contributed by atoms with E-state index in [9.17, 15) is 4.79 Å². The summed E-state index contributed by atoms with van der Waals surface area (Å²) in [6, 6.07) is 4.15. The number of allylic oxidation sites excluding steroid dienone is 2. The number of hydrogen-bond acceptors (Lipinski definition) is 5. The van der Waals surface area contributed by atoms with Crippen molar-refractivity contribution in [3.05, 3.63) is 47.8 Å². The van der Waals surface area contributed by atoms with E-state index in [0.717, 1.165) is 30.6 Å². The summed E-state index contributed by atoms with van der Waals surface area (Å²) >= 11 is 4.34. The van der Waals surface area contributed by atoms with E-state index >= 15 is 0 Å². The molecule has 0 radical (unpaired) electrons. The first-order chi connectivity index (χ1) is 11.6. The summed E-state index contributed by atoms with van der Waals surface area (Å²) in [4.78, 5) is 17.0. The molecule has 0 spiro atoms. The van der Waals surface area contributed by atoms with Gasteiger partial charge >= 0.3 is 0 Å². The van der Waals surface area contributed by atoms with Crippen LogP contribution in [0.5, 0.6) is 0 Å². The first-order valence-electron chi connectivity index (χ1n) is 7.97. The van der Waals surface area contributed by atoms with E-state index in [1.54, 1.807) is 23.0 Å². The summed E-state index contributed by atoms with van der Waals surface area (Å²) in [5.41, 5.74) is 2.10. The molecule has 1 aliphatic rings. The van der Waals surface area contributed by atoms with Crippen LogP contribution in [0.1, 0.15) is 25.0 Å². The molecule has 1 aliphatic carbocycles. The second kappa shape index (κ2) is 7.19. The van der Waals surface area contributed by atoms with Crippen LogP contribution in [0.15, 0.2) is 42.1 Å². The fraction of sp³-hybridized carbons (Fsp3) is 0.353. The molecule has 1 fully saturated rings. The standard InChI is InChI=1S/C17H21N5OS/c1-11(14-10-19-16-7-4-8-20-22(14)16)9-15(24)17(23)21-13-6-3-5-12(13)18-2/h4,7-10,12-13,18,24H,1,3,5-6H2,2H3,(H,21,23)/b15-9-. The zero-order chi connectivity index (χ0) is 17.1. The molecule has 2 aromatic rings. The minimum atomic E-state index is -0.187. The van der Waals surface area contributed by atoms with Crippen molar-refractivity contribution >= 4 is 29.8 Å². The van der Waals surface area contributed by atoms with Crippen molar-refractivity contribution in [2.45, 2.75) is 31.3 Å². The van der Waals surface area contributed by atoms with Crippen LogP contribution >= 0.6 is 12.6 Å². The van der Waals surface area contributed by atoms with Crippen molar-refractivity contribution in [3.8, 4) is 0 Å². The van der Waals surface area contributed by atoms with Crippen LogP contribution in [-0.2, 0) is 4.79 Å². The quantitative estimate of drug-likeness (QED) is 0.440. The van der Waals surface area contributed by atoms with Gasteiger partial charge in [-0.1, -0.05) is 6.58 Å². The number of carbonyl (C=O) groups excluding carboxylic acids is 1. The molecule has 0 bridgehead atoms. The Balaban J connectivity index is 1.72. The molecule has 1 saturated carbocycles. The molecular weight excluding hydrogens is 322 g/mol. The van der Waals surface area contributed by atoms with Crippen molar-refractivity contribution in [1.29, 1.82) is 0 Å². The van der Waals surface area contributed by atoms with Gasteiger partial charge in [-0.05, 0) is 50.1 Å². The molecule has 2 atom stereocenters. The minimum Gasteiger partial charge on any atom is -0.347 e. The van der Waals surface area contributed by atoms with E-state index in [4.69, 9.17) is 0 Å². The third-order valence-corrected chi connectivity index (χ3v) is 4.69. The number of likely N-dealkylation sites (N-methyl/N-ethyl adjacent to an activating group) is 1. The number of amides is 1.